The maximum atomic E-state index is 11.3. The van der Waals surface area contributed by atoms with Crippen molar-refractivity contribution in [3.8, 4) is 5.75 Å². The number of hydrogen-bond donors (Lipinski definition) is 1. The van der Waals surface area contributed by atoms with E-state index in [2.05, 4.69) is 37.6 Å². The van der Waals surface area contributed by atoms with Crippen molar-refractivity contribution in [1.82, 2.24) is 4.98 Å². The van der Waals surface area contributed by atoms with Crippen LogP contribution in [-0.4, -0.2) is 59.7 Å². The van der Waals surface area contributed by atoms with Crippen LogP contribution in [0.3, 0.4) is 0 Å². The first kappa shape index (κ1) is 33.1. The van der Waals surface area contributed by atoms with Gasteiger partial charge in [-0.1, -0.05) is 47.0 Å². The SMILES string of the molecule is CCC.CCCC(CCC)N(C)c1ncccc1N(C=O)CC(=O)O.COc1ccc(S(C)=O)cc1. The molecule has 1 amide bonds. The van der Waals surface area contributed by atoms with Gasteiger partial charge in [0.05, 0.1) is 12.8 Å². The minimum absolute atomic E-state index is 0.321. The summed E-state index contributed by atoms with van der Waals surface area (Å²) < 4.78 is 15.9. The molecule has 0 aliphatic carbocycles. The number of pyridine rings is 1. The number of benzene rings is 1. The van der Waals surface area contributed by atoms with Crippen LogP contribution in [0.1, 0.15) is 59.8 Å². The molecule has 0 radical (unpaired) electrons. The predicted molar refractivity (Wildman–Crippen MR) is 149 cm³/mol. The van der Waals surface area contributed by atoms with E-state index in [9.17, 15) is 13.8 Å². The molecule has 0 fully saturated rings. The topological polar surface area (TPSA) is 100 Å². The number of aliphatic carboxylic acids is 1. The van der Waals surface area contributed by atoms with E-state index < -0.39 is 16.8 Å². The van der Waals surface area contributed by atoms with Crippen LogP contribution in [0.25, 0.3) is 0 Å². The van der Waals surface area contributed by atoms with Gasteiger partial charge >= 0.3 is 5.97 Å². The first-order valence-corrected chi connectivity index (χ1v) is 13.8. The third-order valence-corrected chi connectivity index (χ3v) is 5.96. The second kappa shape index (κ2) is 19.3. The number of aromatic nitrogens is 1. The highest BCUT2D eigenvalue weighted by Crippen LogP contribution is 2.28. The Labute approximate surface area is 219 Å². The molecule has 2 rings (SSSR count). The molecule has 9 heteroatoms. The molecule has 0 spiro atoms. The summed E-state index contributed by atoms with van der Waals surface area (Å²) in [5.74, 6) is 0.380. The number of rotatable bonds is 12. The normalized spacial score (nSPS) is 10.8. The van der Waals surface area contributed by atoms with E-state index in [1.165, 1.54) is 11.3 Å². The van der Waals surface area contributed by atoms with Gasteiger partial charge in [-0.3, -0.25) is 13.8 Å². The van der Waals surface area contributed by atoms with Crippen LogP contribution in [-0.2, 0) is 20.4 Å². The van der Waals surface area contributed by atoms with Crippen LogP contribution in [0.4, 0.5) is 11.5 Å². The number of anilines is 2. The molecule has 1 N–H and O–H groups in total. The summed E-state index contributed by atoms with van der Waals surface area (Å²) in [6.07, 6.45) is 9.28. The minimum atomic E-state index is -1.05. The van der Waals surface area contributed by atoms with Crippen LogP contribution < -0.4 is 14.5 Å². The Morgan fingerprint density at radius 1 is 1.11 bits per heavy atom. The van der Waals surface area contributed by atoms with Crippen molar-refractivity contribution in [2.24, 2.45) is 0 Å². The monoisotopic (exact) mass is 521 g/mol. The number of methoxy groups -OCH3 is 1. The van der Waals surface area contributed by atoms with E-state index in [4.69, 9.17) is 9.84 Å². The summed E-state index contributed by atoms with van der Waals surface area (Å²) in [6.45, 7) is 8.15. The molecule has 1 unspecified atom stereocenters. The third kappa shape index (κ3) is 12.2. The molecule has 0 aliphatic rings. The zero-order valence-electron chi connectivity index (χ0n) is 22.8. The lowest BCUT2D eigenvalue weighted by Crippen LogP contribution is -2.35. The second-order valence-electron chi connectivity index (χ2n) is 8.15. The fraction of sp³-hybridized carbons (Fsp3) is 0.519. The highest BCUT2D eigenvalue weighted by Gasteiger charge is 2.21. The summed E-state index contributed by atoms with van der Waals surface area (Å²) in [5.41, 5.74) is 0.527. The first-order chi connectivity index (χ1) is 17.2. The van der Waals surface area contributed by atoms with Crippen molar-refractivity contribution in [1.29, 1.82) is 0 Å². The molecule has 202 valence electrons. The lowest BCUT2D eigenvalue weighted by Gasteiger charge is -2.31. The fourth-order valence-corrected chi connectivity index (χ4v) is 3.87. The molecule has 1 atom stereocenters. The quantitative estimate of drug-likeness (QED) is 0.374. The van der Waals surface area contributed by atoms with Gasteiger partial charge in [-0.25, -0.2) is 4.98 Å². The molecule has 1 aromatic heterocycles. The highest BCUT2D eigenvalue weighted by atomic mass is 32.2. The van der Waals surface area contributed by atoms with Crippen molar-refractivity contribution in [2.45, 2.75) is 70.7 Å². The Morgan fingerprint density at radius 3 is 2.08 bits per heavy atom. The van der Waals surface area contributed by atoms with Gasteiger partial charge < -0.3 is 19.6 Å². The maximum Gasteiger partial charge on any atom is 0.323 e. The van der Waals surface area contributed by atoms with Crippen molar-refractivity contribution >= 4 is 34.7 Å². The van der Waals surface area contributed by atoms with Gasteiger partial charge in [-0.15, -0.1) is 0 Å². The van der Waals surface area contributed by atoms with Crippen LogP contribution in [0, 0.1) is 0 Å². The zero-order valence-corrected chi connectivity index (χ0v) is 23.6. The number of carboxylic acids is 1. The summed E-state index contributed by atoms with van der Waals surface area (Å²) in [6, 6.07) is 11.0. The van der Waals surface area contributed by atoms with Crippen LogP contribution in [0.5, 0.6) is 5.75 Å². The van der Waals surface area contributed by atoms with E-state index in [1.807, 2.05) is 7.05 Å². The molecule has 36 heavy (non-hydrogen) atoms. The molecule has 2 aromatic rings. The van der Waals surface area contributed by atoms with E-state index >= 15 is 0 Å². The van der Waals surface area contributed by atoms with Crippen molar-refractivity contribution in [3.63, 3.8) is 0 Å². The van der Waals surface area contributed by atoms with E-state index in [-0.39, 0.29) is 6.54 Å². The Bertz CT molecular complexity index is 903. The summed E-state index contributed by atoms with van der Waals surface area (Å²) in [5, 5.41) is 8.95. The van der Waals surface area contributed by atoms with E-state index in [0.29, 0.717) is 24.0 Å². The minimum Gasteiger partial charge on any atom is -0.497 e. The summed E-state index contributed by atoms with van der Waals surface area (Å²) in [7, 11) is 2.66. The molecule has 0 aliphatic heterocycles. The average Bonchev–Trinajstić information content (AvgIpc) is 2.87. The largest absolute Gasteiger partial charge is 0.497 e. The Kier molecular flexibility index (Phi) is 17.7. The van der Waals surface area contributed by atoms with Gasteiger partial charge in [0.2, 0.25) is 6.41 Å². The average molecular weight is 522 g/mol. The fourth-order valence-electron chi connectivity index (χ4n) is 3.35. The molecular formula is C27H43N3O5S. The van der Waals surface area contributed by atoms with Crippen molar-refractivity contribution in [3.05, 3.63) is 42.6 Å². The lowest BCUT2D eigenvalue weighted by atomic mass is 10.1. The van der Waals surface area contributed by atoms with E-state index in [1.54, 1.807) is 56.0 Å². The molecule has 1 heterocycles. The van der Waals surface area contributed by atoms with Gasteiger partial charge in [0.15, 0.2) is 5.82 Å². The number of ether oxygens (including phenoxy) is 1. The zero-order chi connectivity index (χ0) is 27.5. The van der Waals surface area contributed by atoms with Gasteiger partial charge in [0.25, 0.3) is 0 Å². The van der Waals surface area contributed by atoms with Crippen molar-refractivity contribution in [2.75, 3.05) is 36.8 Å². The van der Waals surface area contributed by atoms with Crippen LogP contribution >= 0.6 is 0 Å². The number of nitrogens with zero attached hydrogens (tertiary/aromatic N) is 3. The Balaban J connectivity index is 0.000000725. The molecule has 0 saturated carbocycles. The molecular weight excluding hydrogens is 478 g/mol. The number of hydrogen-bond acceptors (Lipinski definition) is 6. The van der Waals surface area contributed by atoms with Gasteiger partial charge in [0.1, 0.15) is 12.3 Å². The summed E-state index contributed by atoms with van der Waals surface area (Å²) in [4.78, 5) is 30.6. The molecule has 1 aromatic carbocycles. The predicted octanol–water partition coefficient (Wildman–Crippen LogP) is 5.38. The van der Waals surface area contributed by atoms with Crippen molar-refractivity contribution < 1.29 is 23.6 Å². The van der Waals surface area contributed by atoms with Gasteiger partial charge in [-0.05, 0) is 49.2 Å². The molecule has 0 bridgehead atoms. The second-order valence-corrected chi connectivity index (χ2v) is 9.53. The Hall–Kier alpha value is -2.94. The number of amides is 1. The number of carbonyl (C=O) groups is 2. The highest BCUT2D eigenvalue weighted by molar-refractivity contribution is 7.84. The van der Waals surface area contributed by atoms with Crippen LogP contribution in [0.15, 0.2) is 47.5 Å². The van der Waals surface area contributed by atoms with E-state index in [0.717, 1.165) is 36.3 Å². The van der Waals surface area contributed by atoms with Crippen LogP contribution in [0.2, 0.25) is 0 Å². The third-order valence-electron chi connectivity index (χ3n) is 5.03. The van der Waals surface area contributed by atoms with Gasteiger partial charge in [-0.2, -0.15) is 0 Å². The number of carbonyl (C=O) groups excluding carboxylic acids is 1. The molecule has 0 saturated heterocycles. The maximum absolute atomic E-state index is 11.3. The smallest absolute Gasteiger partial charge is 0.323 e. The standard InChI is InChI=1S/C16H25N3O3.C8H10O2S.C3H8/c1-4-7-13(8-5-2)18(3)16-14(9-6-10-17-16)19(12-20)11-15(21)22;1-10-7-3-5-8(6-4-7)11(2)9;1-3-2/h6,9-10,12-13H,4-5,7-8,11H2,1-3H3,(H,21,22);3-6H,1-2H3;3H2,1-2H3. The Morgan fingerprint density at radius 2 is 1.67 bits per heavy atom. The lowest BCUT2D eigenvalue weighted by molar-refractivity contribution is -0.136. The first-order valence-electron chi connectivity index (χ1n) is 12.3. The molecule has 8 nitrogen and oxygen atoms in total. The number of carboxylic acid groups (broad SMARTS) is 1. The summed E-state index contributed by atoms with van der Waals surface area (Å²) >= 11 is 0. The van der Waals surface area contributed by atoms with Gasteiger partial charge in [0, 0.05) is 41.2 Å².